The summed E-state index contributed by atoms with van der Waals surface area (Å²) >= 11 is 1.76. The summed E-state index contributed by atoms with van der Waals surface area (Å²) in [4.78, 5) is 5.71. The van der Waals surface area contributed by atoms with Gasteiger partial charge < -0.3 is 9.88 Å². The van der Waals surface area contributed by atoms with Gasteiger partial charge in [0.1, 0.15) is 0 Å². The molecule has 1 aliphatic carbocycles. The van der Waals surface area contributed by atoms with E-state index in [0.29, 0.717) is 6.04 Å². The molecular weight excluding hydrogens is 254 g/mol. The van der Waals surface area contributed by atoms with Crippen molar-refractivity contribution in [3.63, 3.8) is 0 Å². The smallest absolute Gasteiger partial charge is 0.0797 e. The lowest BCUT2D eigenvalue weighted by atomic mass is 10.1. The molecule has 102 valence electrons. The summed E-state index contributed by atoms with van der Waals surface area (Å²) in [7, 11) is 2.07. The van der Waals surface area contributed by atoms with Gasteiger partial charge in [0.25, 0.3) is 0 Å². The monoisotopic (exact) mass is 275 g/mol. The Morgan fingerprint density at radius 1 is 1.53 bits per heavy atom. The highest BCUT2D eigenvalue weighted by molar-refractivity contribution is 7.09. The van der Waals surface area contributed by atoms with Crippen molar-refractivity contribution in [2.75, 3.05) is 7.05 Å². The third-order valence-electron chi connectivity index (χ3n) is 3.98. The second-order valence-electron chi connectivity index (χ2n) is 5.40. The first-order valence-electron chi connectivity index (χ1n) is 7.00. The minimum absolute atomic E-state index is 0.548. The summed E-state index contributed by atoms with van der Waals surface area (Å²) in [5.41, 5.74) is 4.56. The second-order valence-corrected chi connectivity index (χ2v) is 6.34. The standard InChI is InChI=1S/C15H21N3S/c1-11-14(19-10-17-11)6-8-18-7-5-13(9-18)15(16-2)12-3-4-12/h5,7,9-10,12,15-16H,3-4,6,8H2,1-2H3. The molecule has 1 aliphatic rings. The molecule has 19 heavy (non-hydrogen) atoms. The van der Waals surface area contributed by atoms with Crippen molar-refractivity contribution in [3.8, 4) is 0 Å². The number of thiazole rings is 1. The number of rotatable bonds is 6. The maximum Gasteiger partial charge on any atom is 0.0797 e. The molecule has 1 unspecified atom stereocenters. The third kappa shape index (κ3) is 2.90. The van der Waals surface area contributed by atoms with Gasteiger partial charge in [0.05, 0.1) is 11.2 Å². The summed E-state index contributed by atoms with van der Waals surface area (Å²) in [5.74, 6) is 0.851. The van der Waals surface area contributed by atoms with Crippen LogP contribution in [0.3, 0.4) is 0 Å². The third-order valence-corrected chi connectivity index (χ3v) is 4.97. The molecule has 0 spiro atoms. The molecular formula is C15H21N3S. The molecule has 4 heteroatoms. The summed E-state index contributed by atoms with van der Waals surface area (Å²) in [6.45, 7) is 3.14. The number of aryl methyl sites for hydroxylation is 3. The molecule has 0 bridgehead atoms. The minimum atomic E-state index is 0.548. The lowest BCUT2D eigenvalue weighted by Crippen LogP contribution is -2.17. The van der Waals surface area contributed by atoms with Crippen molar-refractivity contribution < 1.29 is 0 Å². The molecule has 1 N–H and O–H groups in total. The predicted octanol–water partition coefficient (Wildman–Crippen LogP) is 3.17. The largest absolute Gasteiger partial charge is 0.354 e. The minimum Gasteiger partial charge on any atom is -0.354 e. The van der Waals surface area contributed by atoms with Crippen LogP contribution in [-0.4, -0.2) is 16.6 Å². The van der Waals surface area contributed by atoms with Gasteiger partial charge in [-0.1, -0.05) is 0 Å². The molecule has 3 nitrogen and oxygen atoms in total. The fourth-order valence-electron chi connectivity index (χ4n) is 2.68. The van der Waals surface area contributed by atoms with E-state index in [0.717, 1.165) is 18.9 Å². The van der Waals surface area contributed by atoms with Crippen LogP contribution in [0.15, 0.2) is 24.0 Å². The summed E-state index contributed by atoms with van der Waals surface area (Å²) in [6.07, 6.45) is 8.33. The van der Waals surface area contributed by atoms with Crippen LogP contribution in [0.5, 0.6) is 0 Å². The van der Waals surface area contributed by atoms with Crippen LogP contribution < -0.4 is 5.32 Å². The maximum atomic E-state index is 4.31. The second kappa shape index (κ2) is 5.47. The molecule has 1 saturated carbocycles. The van der Waals surface area contributed by atoms with Crippen molar-refractivity contribution in [3.05, 3.63) is 40.1 Å². The quantitative estimate of drug-likeness (QED) is 0.877. The summed E-state index contributed by atoms with van der Waals surface area (Å²) in [5, 5.41) is 3.45. The highest BCUT2D eigenvalue weighted by Crippen LogP contribution is 2.40. The van der Waals surface area contributed by atoms with Crippen LogP contribution in [0.4, 0.5) is 0 Å². The fraction of sp³-hybridized carbons (Fsp3) is 0.533. The normalized spacial score (nSPS) is 16.7. The first kappa shape index (κ1) is 12.9. The van der Waals surface area contributed by atoms with E-state index in [-0.39, 0.29) is 0 Å². The van der Waals surface area contributed by atoms with Gasteiger partial charge in [-0.2, -0.15) is 0 Å². The van der Waals surface area contributed by atoms with E-state index in [1.54, 1.807) is 11.3 Å². The van der Waals surface area contributed by atoms with E-state index < -0.39 is 0 Å². The average Bonchev–Trinajstić information content (AvgIpc) is 2.98. The van der Waals surface area contributed by atoms with Crippen molar-refractivity contribution in [1.29, 1.82) is 0 Å². The van der Waals surface area contributed by atoms with Gasteiger partial charge in [0, 0.05) is 36.3 Å². The van der Waals surface area contributed by atoms with Crippen molar-refractivity contribution >= 4 is 11.3 Å². The Labute approximate surface area is 118 Å². The molecule has 0 saturated heterocycles. The number of hydrogen-bond donors (Lipinski definition) is 1. The van der Waals surface area contributed by atoms with Crippen LogP contribution in [-0.2, 0) is 13.0 Å². The van der Waals surface area contributed by atoms with Crippen LogP contribution in [0.1, 0.15) is 35.0 Å². The van der Waals surface area contributed by atoms with Crippen LogP contribution in [0.25, 0.3) is 0 Å². The molecule has 0 aliphatic heterocycles. The summed E-state index contributed by atoms with van der Waals surface area (Å²) < 4.78 is 2.31. The Kier molecular flexibility index (Phi) is 3.71. The zero-order chi connectivity index (χ0) is 13.2. The molecule has 0 radical (unpaired) electrons. The average molecular weight is 275 g/mol. The molecule has 1 atom stereocenters. The Morgan fingerprint density at radius 3 is 3.00 bits per heavy atom. The van der Waals surface area contributed by atoms with Gasteiger partial charge in [-0.15, -0.1) is 11.3 Å². The van der Waals surface area contributed by atoms with E-state index in [9.17, 15) is 0 Å². The molecule has 0 amide bonds. The van der Waals surface area contributed by atoms with Gasteiger partial charge in [0.2, 0.25) is 0 Å². The molecule has 2 aromatic heterocycles. The van der Waals surface area contributed by atoms with Gasteiger partial charge >= 0.3 is 0 Å². The topological polar surface area (TPSA) is 29.9 Å². The Bertz CT molecular complexity index is 539. The molecule has 0 aromatic carbocycles. The SMILES string of the molecule is CNC(c1ccn(CCc2scnc2C)c1)C1CC1. The molecule has 2 heterocycles. The van der Waals surface area contributed by atoms with Crippen LogP contribution >= 0.6 is 11.3 Å². The number of nitrogens with zero attached hydrogens (tertiary/aromatic N) is 2. The first-order valence-corrected chi connectivity index (χ1v) is 7.88. The highest BCUT2D eigenvalue weighted by atomic mass is 32.1. The lowest BCUT2D eigenvalue weighted by Gasteiger charge is -2.13. The maximum absolute atomic E-state index is 4.31. The van der Waals surface area contributed by atoms with E-state index in [4.69, 9.17) is 0 Å². The van der Waals surface area contributed by atoms with Crippen LogP contribution in [0.2, 0.25) is 0 Å². The van der Waals surface area contributed by atoms with Gasteiger partial charge in [-0.05, 0) is 44.4 Å². The number of hydrogen-bond acceptors (Lipinski definition) is 3. The van der Waals surface area contributed by atoms with Crippen molar-refractivity contribution in [2.24, 2.45) is 5.92 Å². The Morgan fingerprint density at radius 2 is 2.37 bits per heavy atom. The van der Waals surface area contributed by atoms with E-state index in [1.807, 2.05) is 5.51 Å². The van der Waals surface area contributed by atoms with Crippen LogP contribution in [0, 0.1) is 12.8 Å². The van der Waals surface area contributed by atoms with E-state index in [1.165, 1.54) is 29.0 Å². The predicted molar refractivity (Wildman–Crippen MR) is 79.5 cm³/mol. The molecule has 2 aromatic rings. The van der Waals surface area contributed by atoms with E-state index in [2.05, 4.69) is 47.3 Å². The number of nitrogens with one attached hydrogen (secondary N) is 1. The Balaban J connectivity index is 1.63. The molecule has 1 fully saturated rings. The van der Waals surface area contributed by atoms with Crippen molar-refractivity contribution in [2.45, 2.75) is 38.8 Å². The summed E-state index contributed by atoms with van der Waals surface area (Å²) in [6, 6.07) is 2.81. The van der Waals surface area contributed by atoms with E-state index >= 15 is 0 Å². The first-order chi connectivity index (χ1) is 9.28. The van der Waals surface area contributed by atoms with Crippen molar-refractivity contribution in [1.82, 2.24) is 14.9 Å². The highest BCUT2D eigenvalue weighted by Gasteiger charge is 2.31. The number of aromatic nitrogens is 2. The van der Waals surface area contributed by atoms with Gasteiger partial charge in [-0.25, -0.2) is 4.98 Å². The lowest BCUT2D eigenvalue weighted by molar-refractivity contribution is 0.527. The fourth-order valence-corrected chi connectivity index (χ4v) is 3.45. The van der Waals surface area contributed by atoms with Gasteiger partial charge in [0.15, 0.2) is 0 Å². The zero-order valence-corrected chi connectivity index (χ0v) is 12.4. The zero-order valence-electron chi connectivity index (χ0n) is 11.6. The van der Waals surface area contributed by atoms with Gasteiger partial charge in [-0.3, -0.25) is 0 Å². The molecule has 3 rings (SSSR count). The Hall–Kier alpha value is -1.13.